The second kappa shape index (κ2) is 11.5. The summed E-state index contributed by atoms with van der Waals surface area (Å²) in [6.07, 6.45) is 1.80. The van der Waals surface area contributed by atoms with Gasteiger partial charge >= 0.3 is 13.9 Å². The highest BCUT2D eigenvalue weighted by atomic mass is 31.2. The zero-order chi connectivity index (χ0) is 33.4. The number of fused-ring (bicyclic) bond motifs is 5. The molecule has 6 rings (SSSR count). The molecule has 1 aromatic heterocycles. The zero-order valence-corrected chi connectivity index (χ0v) is 26.2. The third kappa shape index (κ3) is 5.22. The van der Waals surface area contributed by atoms with E-state index in [1.54, 1.807) is 13.0 Å². The molecule has 1 saturated heterocycles. The van der Waals surface area contributed by atoms with Crippen molar-refractivity contribution in [2.75, 3.05) is 18.9 Å². The van der Waals surface area contributed by atoms with E-state index in [1.165, 1.54) is 18.3 Å². The molecule has 0 radical (unpaired) electrons. The first-order valence-corrected chi connectivity index (χ1v) is 16.7. The number of hydrogen-bond donors (Lipinski definition) is 5. The van der Waals surface area contributed by atoms with Gasteiger partial charge in [0.2, 0.25) is 0 Å². The maximum atomic E-state index is 13.8. The van der Waals surface area contributed by atoms with Crippen molar-refractivity contribution in [2.24, 2.45) is 28.6 Å². The number of ether oxygens (including phenoxy) is 1. The molecule has 250 valence electrons. The molecule has 2 heterocycles. The highest BCUT2D eigenvalue weighted by Crippen LogP contribution is 2.66. The van der Waals surface area contributed by atoms with Crippen LogP contribution in [-0.4, -0.2) is 84.2 Å². The van der Waals surface area contributed by atoms with Crippen molar-refractivity contribution >= 4 is 31.3 Å². The summed E-state index contributed by atoms with van der Waals surface area (Å²) >= 11 is 0. The van der Waals surface area contributed by atoms with Gasteiger partial charge < -0.3 is 30.7 Å². The molecule has 0 spiro atoms. The Kier molecular flexibility index (Phi) is 8.27. The Morgan fingerprint density at radius 1 is 1.22 bits per heavy atom. The van der Waals surface area contributed by atoms with Crippen molar-refractivity contribution < 1.29 is 53.3 Å². The zero-order valence-electron chi connectivity index (χ0n) is 25.4. The molecule has 0 aromatic carbocycles. The number of nitrogens with zero attached hydrogens (tertiary/aromatic N) is 2. The number of carbonyl (C=O) groups excluding carboxylic acids is 3. The Balaban J connectivity index is 1.09. The SMILES string of the molecule is C[C@]12C=CC(=O)C=C1CC[C@@H]1[C@@H]2C(=O)C[C@@]2(C)[C@H]1CC[C@]2(O)C(=O)CO[P+]([O-])(O)OC[C@H]1O[C@@H](n2ccc(N)nc2=O)[C@@H](O)[C@@H]1O. The van der Waals surface area contributed by atoms with Gasteiger partial charge in [-0.15, -0.1) is 0 Å². The second-order valence-electron chi connectivity index (χ2n) is 13.5. The number of ketones is 3. The van der Waals surface area contributed by atoms with E-state index in [-0.39, 0.29) is 42.1 Å². The lowest BCUT2D eigenvalue weighted by atomic mass is 9.46. The average Bonchev–Trinajstić information content (AvgIpc) is 3.42. The number of phosphoric ester groups is 1. The summed E-state index contributed by atoms with van der Waals surface area (Å²) in [5.74, 6) is -1.85. The number of anilines is 1. The lowest BCUT2D eigenvalue weighted by Crippen LogP contribution is -2.60. The first kappa shape index (κ1) is 33.2. The smallest absolute Gasteiger partial charge is 0.377 e. The van der Waals surface area contributed by atoms with Crippen LogP contribution in [-0.2, 0) is 28.2 Å². The van der Waals surface area contributed by atoms with Gasteiger partial charge in [-0.25, -0.2) is 4.79 Å². The van der Waals surface area contributed by atoms with E-state index in [9.17, 15) is 44.3 Å². The molecular weight excluding hydrogens is 625 g/mol. The molecule has 1 aliphatic heterocycles. The van der Waals surface area contributed by atoms with Gasteiger partial charge in [-0.05, 0) is 55.7 Å². The van der Waals surface area contributed by atoms with E-state index >= 15 is 0 Å². The fraction of sp³-hybridized carbons (Fsp3) is 0.633. The number of nitrogen functional groups attached to an aromatic ring is 1. The largest absolute Gasteiger partial charge is 0.606 e. The molecule has 6 N–H and O–H groups in total. The molecule has 16 heteroatoms. The van der Waals surface area contributed by atoms with Crippen molar-refractivity contribution in [3.63, 3.8) is 0 Å². The molecule has 1 unspecified atom stereocenters. The van der Waals surface area contributed by atoms with Crippen LogP contribution in [0.15, 0.2) is 40.9 Å². The second-order valence-corrected chi connectivity index (χ2v) is 14.9. The van der Waals surface area contributed by atoms with Crippen LogP contribution >= 0.6 is 8.17 Å². The number of aliphatic hydroxyl groups is 3. The first-order valence-electron chi connectivity index (χ1n) is 15.2. The fourth-order valence-electron chi connectivity index (χ4n) is 8.67. The molecule has 5 aliphatic rings. The summed E-state index contributed by atoms with van der Waals surface area (Å²) in [5.41, 5.74) is 1.78. The Labute approximate surface area is 264 Å². The maximum absolute atomic E-state index is 13.8. The first-order chi connectivity index (χ1) is 21.5. The van der Waals surface area contributed by atoms with Gasteiger partial charge in [-0.1, -0.05) is 25.5 Å². The average molecular weight is 664 g/mol. The third-order valence-corrected chi connectivity index (χ3v) is 12.0. The molecule has 4 fully saturated rings. The van der Waals surface area contributed by atoms with Crippen LogP contribution in [0.4, 0.5) is 5.82 Å². The van der Waals surface area contributed by atoms with Gasteiger partial charge in [0.15, 0.2) is 24.4 Å². The number of allylic oxidation sites excluding steroid dienone is 4. The van der Waals surface area contributed by atoms with Crippen molar-refractivity contribution in [1.82, 2.24) is 9.55 Å². The van der Waals surface area contributed by atoms with Crippen LogP contribution in [0.1, 0.15) is 52.2 Å². The molecule has 46 heavy (non-hydrogen) atoms. The molecule has 0 amide bonds. The highest BCUT2D eigenvalue weighted by molar-refractivity contribution is 7.52. The van der Waals surface area contributed by atoms with Gasteiger partial charge in [-0.2, -0.15) is 18.9 Å². The normalized spacial score (nSPS) is 41.4. The molecule has 0 bridgehead atoms. The van der Waals surface area contributed by atoms with E-state index in [0.717, 1.165) is 10.1 Å². The van der Waals surface area contributed by atoms with Gasteiger partial charge in [0.25, 0.3) is 0 Å². The summed E-state index contributed by atoms with van der Waals surface area (Å²) in [6, 6.07) is 1.28. The predicted molar refractivity (Wildman–Crippen MR) is 157 cm³/mol. The number of nitrogens with two attached hydrogens (primary N) is 1. The number of phosphoric acid groups is 1. The maximum Gasteiger partial charge on any atom is 0.377 e. The van der Waals surface area contributed by atoms with Gasteiger partial charge in [0.05, 0.1) is 0 Å². The number of aromatic nitrogens is 2. The summed E-state index contributed by atoms with van der Waals surface area (Å²) in [7, 11) is -4.96. The number of hydrogen-bond acceptors (Lipinski definition) is 14. The number of carbonyl (C=O) groups is 3. The van der Waals surface area contributed by atoms with Crippen molar-refractivity contribution in [2.45, 2.75) is 76.1 Å². The van der Waals surface area contributed by atoms with Crippen LogP contribution < -0.4 is 16.3 Å². The standard InChI is InChI=1S/C30H38N3O12P/c1-28-8-5-16(34)11-15(28)3-4-17-18-6-9-30(40,29(18,2)12-19(35)23(17)28)21(36)14-44-46(41,42)43-13-20-24(37)25(38)26(45-20)33-10-7-22(31)32-27(33)39/h5,7-8,10-11,17-18,20,23-26,37-38,40H,3-4,6,9,12-14H2,1-2H3,(H,41,42)(H2,31,32,39)/t17-,18-,20+,23+,24+,25-,26+,28-,29-,30-/m0/s1. The molecule has 3 saturated carbocycles. The van der Waals surface area contributed by atoms with Crippen LogP contribution in [0.3, 0.4) is 0 Å². The minimum Gasteiger partial charge on any atom is -0.606 e. The van der Waals surface area contributed by atoms with E-state index in [0.29, 0.717) is 19.3 Å². The Bertz CT molecular complexity index is 1580. The van der Waals surface area contributed by atoms with E-state index in [4.69, 9.17) is 19.5 Å². The van der Waals surface area contributed by atoms with Crippen LogP contribution in [0.5, 0.6) is 0 Å². The Hall–Kier alpha value is -2.72. The van der Waals surface area contributed by atoms with E-state index in [1.807, 2.05) is 13.0 Å². The lowest BCUT2D eigenvalue weighted by Gasteiger charge is -2.56. The number of Topliss-reactive ketones (excluding diaryl/α,β-unsaturated/α-hetero) is 2. The van der Waals surface area contributed by atoms with E-state index < -0.39 is 79.7 Å². The molecule has 4 aliphatic carbocycles. The minimum absolute atomic E-state index is 0.0396. The van der Waals surface area contributed by atoms with Crippen molar-refractivity contribution in [3.05, 3.63) is 46.5 Å². The minimum atomic E-state index is -4.96. The van der Waals surface area contributed by atoms with Crippen molar-refractivity contribution in [1.29, 1.82) is 0 Å². The number of aliphatic hydroxyl groups excluding tert-OH is 2. The highest BCUT2D eigenvalue weighted by Gasteiger charge is 2.68. The van der Waals surface area contributed by atoms with Crippen molar-refractivity contribution in [3.8, 4) is 0 Å². The lowest BCUT2D eigenvalue weighted by molar-refractivity contribution is -0.246. The fourth-order valence-corrected chi connectivity index (χ4v) is 9.36. The predicted octanol–water partition coefficient (Wildman–Crippen LogP) is -0.705. The molecule has 15 nitrogen and oxygen atoms in total. The topological polar surface area (TPSA) is 244 Å². The van der Waals surface area contributed by atoms with Gasteiger partial charge in [0, 0.05) is 29.4 Å². The third-order valence-electron chi connectivity index (χ3n) is 11.1. The van der Waals surface area contributed by atoms with Gasteiger partial charge in [-0.3, -0.25) is 19.0 Å². The molecular formula is C30H38N3O12P. The number of rotatable bonds is 8. The molecule has 11 atom stereocenters. The van der Waals surface area contributed by atoms with Crippen LogP contribution in [0.25, 0.3) is 0 Å². The summed E-state index contributed by atoms with van der Waals surface area (Å²) < 4.78 is 16.3. The summed E-state index contributed by atoms with van der Waals surface area (Å²) in [6.45, 7) is 1.92. The monoisotopic (exact) mass is 663 g/mol. The molecule has 1 aromatic rings. The van der Waals surface area contributed by atoms with Crippen LogP contribution in [0, 0.1) is 28.6 Å². The Morgan fingerprint density at radius 2 is 1.96 bits per heavy atom. The van der Waals surface area contributed by atoms with E-state index in [2.05, 4.69) is 4.98 Å². The summed E-state index contributed by atoms with van der Waals surface area (Å²) in [4.78, 5) is 78.0. The van der Waals surface area contributed by atoms with Crippen LogP contribution in [0.2, 0.25) is 0 Å². The van der Waals surface area contributed by atoms with Gasteiger partial charge in [0.1, 0.15) is 42.1 Å². The Morgan fingerprint density at radius 3 is 2.67 bits per heavy atom. The summed E-state index contributed by atoms with van der Waals surface area (Å²) in [5, 5.41) is 32.6. The quantitative estimate of drug-likeness (QED) is 0.216.